The van der Waals surface area contributed by atoms with E-state index in [0.717, 1.165) is 0 Å². The highest BCUT2D eigenvalue weighted by molar-refractivity contribution is 4.85. The summed E-state index contributed by atoms with van der Waals surface area (Å²) < 4.78 is 63.6. The van der Waals surface area contributed by atoms with Crippen molar-refractivity contribution >= 4 is 0 Å². The first-order chi connectivity index (χ1) is 8.21. The van der Waals surface area contributed by atoms with E-state index < -0.39 is 43.8 Å². The molecule has 0 rings (SSSR count). The normalized spacial score (nSPS) is 19.3. The summed E-state index contributed by atoms with van der Waals surface area (Å²) in [5, 5.41) is 24.9. The lowest BCUT2D eigenvalue weighted by Crippen LogP contribution is -2.49. The lowest BCUT2D eigenvalue weighted by molar-refractivity contribution is -0.352. The number of aliphatic hydroxyl groups is 3. The predicted molar refractivity (Wildman–Crippen MR) is 53.4 cm³/mol. The molecule has 0 aromatic rings. The average molecular weight is 280 g/mol. The van der Waals surface area contributed by atoms with Crippen molar-refractivity contribution < 1.29 is 37.3 Å². The second-order valence-corrected chi connectivity index (χ2v) is 4.03. The van der Waals surface area contributed by atoms with Gasteiger partial charge in [-0.15, -0.1) is 0 Å². The second-order valence-electron chi connectivity index (χ2n) is 4.03. The standard InChI is InChI=1S/C10H17F5O3/c11-5-3-1-2-4-6(12)7(13)8(14)9(15)10(16,17)18/h6-9,16-18H,1-5H2. The van der Waals surface area contributed by atoms with Crippen LogP contribution < -0.4 is 0 Å². The van der Waals surface area contributed by atoms with E-state index in [0.29, 0.717) is 0 Å². The summed E-state index contributed by atoms with van der Waals surface area (Å²) in [6.07, 6.45) is -11.8. The molecule has 0 aliphatic carbocycles. The summed E-state index contributed by atoms with van der Waals surface area (Å²) in [6.45, 7) is -0.601. The van der Waals surface area contributed by atoms with Crippen molar-refractivity contribution in [3.63, 3.8) is 0 Å². The Kier molecular flexibility index (Phi) is 7.65. The molecule has 0 spiro atoms. The zero-order chi connectivity index (χ0) is 14.3. The van der Waals surface area contributed by atoms with Crippen LogP contribution in [0.25, 0.3) is 0 Å². The minimum absolute atomic E-state index is 0.0949. The lowest BCUT2D eigenvalue weighted by atomic mass is 10.0. The van der Waals surface area contributed by atoms with Gasteiger partial charge >= 0.3 is 5.97 Å². The summed E-state index contributed by atoms with van der Waals surface area (Å²) >= 11 is 0. The number of alkyl halides is 5. The third-order valence-electron chi connectivity index (χ3n) is 2.41. The first-order valence-corrected chi connectivity index (χ1v) is 5.51. The molecule has 0 radical (unpaired) electrons. The van der Waals surface area contributed by atoms with E-state index in [-0.39, 0.29) is 19.3 Å². The largest absolute Gasteiger partial charge is 0.341 e. The Morgan fingerprint density at radius 1 is 0.833 bits per heavy atom. The fourth-order valence-corrected chi connectivity index (χ4v) is 1.34. The quantitative estimate of drug-likeness (QED) is 0.341. The van der Waals surface area contributed by atoms with Crippen LogP contribution in [0.3, 0.4) is 0 Å². The van der Waals surface area contributed by atoms with Gasteiger partial charge in [-0.25, -0.2) is 17.6 Å². The molecule has 8 heteroatoms. The van der Waals surface area contributed by atoms with Crippen molar-refractivity contribution in [2.45, 2.75) is 56.3 Å². The number of rotatable bonds is 9. The van der Waals surface area contributed by atoms with Crippen molar-refractivity contribution in [3.05, 3.63) is 0 Å². The smallest absolute Gasteiger partial charge is 0.311 e. The van der Waals surface area contributed by atoms with E-state index in [2.05, 4.69) is 0 Å². The predicted octanol–water partition coefficient (Wildman–Crippen LogP) is 1.50. The van der Waals surface area contributed by atoms with Gasteiger partial charge in [0.25, 0.3) is 0 Å². The Hall–Kier alpha value is -0.470. The summed E-state index contributed by atoms with van der Waals surface area (Å²) in [5.41, 5.74) is 0. The highest BCUT2D eigenvalue weighted by atomic mass is 19.2. The van der Waals surface area contributed by atoms with Gasteiger partial charge < -0.3 is 15.3 Å². The Bertz CT molecular complexity index is 224. The van der Waals surface area contributed by atoms with Crippen molar-refractivity contribution in [1.82, 2.24) is 0 Å². The maximum absolute atomic E-state index is 13.1. The molecule has 4 atom stereocenters. The number of hydrogen-bond acceptors (Lipinski definition) is 3. The SMILES string of the molecule is OC(O)(O)C(F)C(F)C(F)C(F)CCCCCF. The van der Waals surface area contributed by atoms with E-state index in [1.54, 1.807) is 0 Å². The van der Waals surface area contributed by atoms with Crippen molar-refractivity contribution in [2.75, 3.05) is 6.67 Å². The van der Waals surface area contributed by atoms with Crippen LogP contribution in [0.1, 0.15) is 25.7 Å². The van der Waals surface area contributed by atoms with Crippen LogP contribution >= 0.6 is 0 Å². The summed E-state index contributed by atoms with van der Waals surface area (Å²) in [5.74, 6) is -4.06. The minimum atomic E-state index is -4.06. The van der Waals surface area contributed by atoms with Gasteiger partial charge in [0, 0.05) is 0 Å². The molecule has 0 aromatic heterocycles. The van der Waals surface area contributed by atoms with Crippen LogP contribution in [-0.2, 0) is 0 Å². The van der Waals surface area contributed by atoms with Gasteiger partial charge in [-0.3, -0.25) is 4.39 Å². The molecule has 110 valence electrons. The monoisotopic (exact) mass is 280 g/mol. The molecule has 0 amide bonds. The van der Waals surface area contributed by atoms with Crippen LogP contribution in [0.15, 0.2) is 0 Å². The van der Waals surface area contributed by atoms with Gasteiger partial charge in [-0.1, -0.05) is 12.8 Å². The molecule has 0 heterocycles. The first kappa shape index (κ1) is 17.5. The molecule has 0 bridgehead atoms. The molecule has 4 unspecified atom stereocenters. The molecule has 0 fully saturated rings. The van der Waals surface area contributed by atoms with E-state index >= 15 is 0 Å². The third kappa shape index (κ3) is 5.92. The van der Waals surface area contributed by atoms with Crippen LogP contribution in [0.2, 0.25) is 0 Å². The maximum Gasteiger partial charge on any atom is 0.311 e. The van der Waals surface area contributed by atoms with Gasteiger partial charge in [0.1, 0.15) is 6.17 Å². The topological polar surface area (TPSA) is 60.7 Å². The first-order valence-electron chi connectivity index (χ1n) is 5.51. The van der Waals surface area contributed by atoms with E-state index in [1.165, 1.54) is 0 Å². The average Bonchev–Trinajstić information content (AvgIpc) is 2.30. The highest BCUT2D eigenvalue weighted by Crippen LogP contribution is 2.25. The summed E-state index contributed by atoms with van der Waals surface area (Å²) in [7, 11) is 0. The van der Waals surface area contributed by atoms with Crippen molar-refractivity contribution in [2.24, 2.45) is 0 Å². The van der Waals surface area contributed by atoms with Crippen LogP contribution in [0.4, 0.5) is 22.0 Å². The zero-order valence-electron chi connectivity index (χ0n) is 9.58. The summed E-state index contributed by atoms with van der Waals surface area (Å²) in [4.78, 5) is 0. The van der Waals surface area contributed by atoms with E-state index in [4.69, 9.17) is 15.3 Å². The molecular weight excluding hydrogens is 263 g/mol. The third-order valence-corrected chi connectivity index (χ3v) is 2.41. The van der Waals surface area contributed by atoms with Crippen LogP contribution in [0, 0.1) is 0 Å². The van der Waals surface area contributed by atoms with Gasteiger partial charge in [-0.2, -0.15) is 0 Å². The van der Waals surface area contributed by atoms with Crippen molar-refractivity contribution in [1.29, 1.82) is 0 Å². The van der Waals surface area contributed by atoms with Gasteiger partial charge in [0.05, 0.1) is 6.67 Å². The lowest BCUT2D eigenvalue weighted by Gasteiger charge is -2.25. The van der Waals surface area contributed by atoms with Crippen LogP contribution in [0.5, 0.6) is 0 Å². The number of unbranched alkanes of at least 4 members (excludes halogenated alkanes) is 2. The van der Waals surface area contributed by atoms with E-state index in [9.17, 15) is 22.0 Å². The number of hydrogen-bond donors (Lipinski definition) is 3. The van der Waals surface area contributed by atoms with Gasteiger partial charge in [0.2, 0.25) is 6.17 Å². The Labute approximate surface area is 101 Å². The second kappa shape index (κ2) is 7.85. The zero-order valence-corrected chi connectivity index (χ0v) is 9.58. The van der Waals surface area contributed by atoms with Crippen molar-refractivity contribution in [3.8, 4) is 0 Å². The van der Waals surface area contributed by atoms with Crippen LogP contribution in [-0.4, -0.2) is 52.7 Å². The Balaban J connectivity index is 4.15. The van der Waals surface area contributed by atoms with E-state index in [1.807, 2.05) is 0 Å². The Morgan fingerprint density at radius 2 is 1.39 bits per heavy atom. The minimum Gasteiger partial charge on any atom is -0.341 e. The molecule has 0 saturated carbocycles. The molecule has 0 aliphatic heterocycles. The number of halogens is 5. The molecule has 0 aromatic carbocycles. The fourth-order valence-electron chi connectivity index (χ4n) is 1.34. The van der Waals surface area contributed by atoms with Gasteiger partial charge in [-0.05, 0) is 12.8 Å². The highest BCUT2D eigenvalue weighted by Gasteiger charge is 2.46. The molecule has 0 saturated heterocycles. The molecule has 3 N–H and O–H groups in total. The Morgan fingerprint density at radius 3 is 1.83 bits per heavy atom. The molecule has 18 heavy (non-hydrogen) atoms. The summed E-state index contributed by atoms with van der Waals surface area (Å²) in [6, 6.07) is 0. The van der Waals surface area contributed by atoms with Gasteiger partial charge in [0.15, 0.2) is 12.3 Å². The maximum atomic E-state index is 13.1. The molecule has 0 aliphatic rings. The molecule has 3 nitrogen and oxygen atoms in total. The fraction of sp³-hybridized carbons (Fsp3) is 1.00. The molecular formula is C10H17F5O3.